The number of rotatable bonds is 4. The third kappa shape index (κ3) is 3.43. The maximum Gasteiger partial charge on any atom is 0.264 e. The lowest BCUT2D eigenvalue weighted by atomic mass is 10.1. The van der Waals surface area contributed by atoms with Crippen LogP contribution in [-0.2, 0) is 6.54 Å². The summed E-state index contributed by atoms with van der Waals surface area (Å²) in [6.07, 6.45) is 0. The second-order valence-electron chi connectivity index (χ2n) is 6.79. The van der Waals surface area contributed by atoms with Crippen LogP contribution in [0.3, 0.4) is 0 Å². The molecule has 0 aliphatic carbocycles. The topological polar surface area (TPSA) is 33.2 Å². The van der Waals surface area contributed by atoms with E-state index >= 15 is 0 Å². The van der Waals surface area contributed by atoms with Gasteiger partial charge < -0.3 is 4.90 Å². The van der Waals surface area contributed by atoms with Gasteiger partial charge in [0.25, 0.3) is 5.91 Å². The Morgan fingerprint density at radius 2 is 1.78 bits per heavy atom. The van der Waals surface area contributed by atoms with Gasteiger partial charge in [0.2, 0.25) is 0 Å². The number of carbonyl (C=O) groups excluding carboxylic acids is 1. The zero-order valence-electron chi connectivity index (χ0n) is 15.1. The van der Waals surface area contributed by atoms with Crippen molar-refractivity contribution in [2.24, 2.45) is 0 Å². The molecule has 2 aromatic carbocycles. The van der Waals surface area contributed by atoms with Crippen molar-refractivity contribution in [1.29, 1.82) is 0 Å². The van der Waals surface area contributed by atoms with Gasteiger partial charge in [0.1, 0.15) is 5.15 Å². The molecule has 0 spiro atoms. The number of aromatic nitrogens is 1. The first-order chi connectivity index (χ1) is 13.0. The molecule has 3 nitrogen and oxygen atoms in total. The van der Waals surface area contributed by atoms with Crippen molar-refractivity contribution >= 4 is 49.8 Å². The number of fused-ring (bicyclic) bond motifs is 3. The summed E-state index contributed by atoms with van der Waals surface area (Å²) in [5, 5.41) is 2.31. The number of carbonyl (C=O) groups is 1. The van der Waals surface area contributed by atoms with Crippen LogP contribution < -0.4 is 0 Å². The summed E-state index contributed by atoms with van der Waals surface area (Å²) in [7, 11) is 0. The van der Waals surface area contributed by atoms with Gasteiger partial charge in [-0.15, -0.1) is 11.3 Å². The minimum atomic E-state index is 0.0233. The van der Waals surface area contributed by atoms with E-state index < -0.39 is 0 Å². The molecular weight excluding hydrogens is 376 g/mol. The van der Waals surface area contributed by atoms with E-state index in [9.17, 15) is 4.79 Å². The Kier molecular flexibility index (Phi) is 4.85. The molecule has 4 aromatic rings. The molecule has 0 aliphatic rings. The van der Waals surface area contributed by atoms with E-state index in [-0.39, 0.29) is 11.9 Å². The van der Waals surface area contributed by atoms with E-state index in [1.165, 1.54) is 11.3 Å². The van der Waals surface area contributed by atoms with Gasteiger partial charge in [0, 0.05) is 28.1 Å². The number of benzene rings is 2. The zero-order chi connectivity index (χ0) is 19.0. The van der Waals surface area contributed by atoms with Crippen molar-refractivity contribution in [2.45, 2.75) is 26.4 Å². The average Bonchev–Trinajstić information content (AvgIpc) is 3.13. The molecule has 2 aromatic heterocycles. The lowest BCUT2D eigenvalue weighted by Crippen LogP contribution is -2.35. The number of para-hydroxylation sites is 1. The van der Waals surface area contributed by atoms with Gasteiger partial charge in [-0.3, -0.25) is 4.79 Å². The normalized spacial score (nSPS) is 11.4. The van der Waals surface area contributed by atoms with Gasteiger partial charge in [-0.2, -0.15) is 0 Å². The van der Waals surface area contributed by atoms with E-state index in [4.69, 9.17) is 11.6 Å². The molecule has 4 rings (SSSR count). The van der Waals surface area contributed by atoms with E-state index in [1.807, 2.05) is 79.4 Å². The molecule has 0 aliphatic heterocycles. The van der Waals surface area contributed by atoms with Crippen LogP contribution in [0.2, 0.25) is 5.15 Å². The summed E-state index contributed by atoms with van der Waals surface area (Å²) in [4.78, 5) is 20.3. The van der Waals surface area contributed by atoms with Gasteiger partial charge in [0.15, 0.2) is 0 Å². The van der Waals surface area contributed by atoms with E-state index in [0.29, 0.717) is 16.6 Å². The number of halogens is 1. The number of hydrogen-bond acceptors (Lipinski definition) is 3. The first kappa shape index (κ1) is 18.0. The predicted molar refractivity (Wildman–Crippen MR) is 114 cm³/mol. The van der Waals surface area contributed by atoms with Crippen molar-refractivity contribution in [1.82, 2.24) is 9.88 Å². The highest BCUT2D eigenvalue weighted by molar-refractivity contribution is 7.21. The van der Waals surface area contributed by atoms with Crippen molar-refractivity contribution in [3.8, 4) is 0 Å². The predicted octanol–water partition coefficient (Wildman–Crippen LogP) is 6.15. The zero-order valence-corrected chi connectivity index (χ0v) is 16.7. The van der Waals surface area contributed by atoms with Gasteiger partial charge in [-0.05, 0) is 31.5 Å². The Morgan fingerprint density at radius 3 is 2.52 bits per heavy atom. The van der Waals surface area contributed by atoms with Crippen LogP contribution in [0.5, 0.6) is 0 Å². The van der Waals surface area contributed by atoms with Gasteiger partial charge in [-0.25, -0.2) is 4.98 Å². The third-order valence-corrected chi connectivity index (χ3v) is 6.06. The number of thiophene rings is 1. The molecular formula is C22H19ClN2OS. The van der Waals surface area contributed by atoms with Crippen LogP contribution in [-0.4, -0.2) is 21.8 Å². The van der Waals surface area contributed by atoms with Gasteiger partial charge in [0.05, 0.1) is 10.4 Å². The Labute approximate surface area is 167 Å². The summed E-state index contributed by atoms with van der Waals surface area (Å²) in [5.41, 5.74) is 1.96. The minimum Gasteiger partial charge on any atom is -0.331 e. The molecule has 0 unspecified atom stereocenters. The van der Waals surface area contributed by atoms with Crippen LogP contribution in [0, 0.1) is 0 Å². The molecule has 0 saturated heterocycles. The highest BCUT2D eigenvalue weighted by Gasteiger charge is 2.22. The number of hydrogen-bond donors (Lipinski definition) is 0. The van der Waals surface area contributed by atoms with Gasteiger partial charge >= 0.3 is 0 Å². The smallest absolute Gasteiger partial charge is 0.264 e. The van der Waals surface area contributed by atoms with E-state index in [2.05, 4.69) is 4.98 Å². The monoisotopic (exact) mass is 394 g/mol. The highest BCUT2D eigenvalue weighted by atomic mass is 35.5. The molecule has 0 atom stereocenters. The Bertz CT molecular complexity index is 1120. The first-order valence-electron chi connectivity index (χ1n) is 8.87. The SMILES string of the molecule is CC(C)N(Cc1ccccc1)C(=O)c1cc2c(Cl)nc3ccccc3c2s1. The summed E-state index contributed by atoms with van der Waals surface area (Å²) in [6, 6.07) is 19.9. The van der Waals surface area contributed by atoms with Crippen LogP contribution in [0.1, 0.15) is 29.1 Å². The maximum absolute atomic E-state index is 13.3. The van der Waals surface area contributed by atoms with Gasteiger partial charge in [-0.1, -0.05) is 60.1 Å². The number of nitrogens with zero attached hydrogens (tertiary/aromatic N) is 2. The molecule has 5 heteroatoms. The molecule has 0 saturated carbocycles. The third-order valence-electron chi connectivity index (χ3n) is 4.61. The van der Waals surface area contributed by atoms with Crippen molar-refractivity contribution in [3.63, 3.8) is 0 Å². The summed E-state index contributed by atoms with van der Waals surface area (Å²) in [6.45, 7) is 4.66. The fourth-order valence-electron chi connectivity index (χ4n) is 3.19. The van der Waals surface area contributed by atoms with Crippen LogP contribution in [0.25, 0.3) is 21.0 Å². The molecule has 2 heterocycles. The Hall–Kier alpha value is -2.43. The second-order valence-corrected chi connectivity index (χ2v) is 8.20. The quantitative estimate of drug-likeness (QED) is 0.389. The lowest BCUT2D eigenvalue weighted by Gasteiger charge is -2.26. The number of amides is 1. The van der Waals surface area contributed by atoms with Crippen molar-refractivity contribution in [2.75, 3.05) is 0 Å². The molecule has 0 N–H and O–H groups in total. The average molecular weight is 395 g/mol. The second kappa shape index (κ2) is 7.29. The molecule has 136 valence electrons. The van der Waals surface area contributed by atoms with E-state index in [0.717, 1.165) is 26.6 Å². The molecule has 1 amide bonds. The van der Waals surface area contributed by atoms with Crippen molar-refractivity contribution < 1.29 is 4.79 Å². The van der Waals surface area contributed by atoms with Crippen LogP contribution in [0.15, 0.2) is 60.7 Å². The molecule has 27 heavy (non-hydrogen) atoms. The molecule has 0 bridgehead atoms. The summed E-state index contributed by atoms with van der Waals surface area (Å²) in [5.74, 6) is 0.0233. The highest BCUT2D eigenvalue weighted by Crippen LogP contribution is 2.36. The summed E-state index contributed by atoms with van der Waals surface area (Å²) >= 11 is 7.89. The first-order valence-corrected chi connectivity index (χ1v) is 10.1. The fraction of sp³-hybridized carbons (Fsp3) is 0.182. The fourth-order valence-corrected chi connectivity index (χ4v) is 4.63. The largest absolute Gasteiger partial charge is 0.331 e. The Morgan fingerprint density at radius 1 is 1.07 bits per heavy atom. The number of pyridine rings is 1. The molecule has 0 fully saturated rings. The van der Waals surface area contributed by atoms with Crippen LogP contribution in [0.4, 0.5) is 0 Å². The lowest BCUT2D eigenvalue weighted by molar-refractivity contribution is 0.0695. The summed E-state index contributed by atoms with van der Waals surface area (Å²) < 4.78 is 1.01. The van der Waals surface area contributed by atoms with Crippen molar-refractivity contribution in [3.05, 3.63) is 76.3 Å². The standard InChI is InChI=1S/C22H19ClN2OS/c1-14(2)25(13-15-8-4-3-5-9-15)22(26)19-12-17-20(27-19)16-10-6-7-11-18(16)24-21(17)23/h3-12,14H,13H2,1-2H3. The van der Waals surface area contributed by atoms with Crippen LogP contribution >= 0.6 is 22.9 Å². The van der Waals surface area contributed by atoms with E-state index in [1.54, 1.807) is 0 Å². The minimum absolute atomic E-state index is 0.0233. The Balaban J connectivity index is 1.77. The maximum atomic E-state index is 13.3. The molecule has 0 radical (unpaired) electrons.